The lowest BCUT2D eigenvalue weighted by Gasteiger charge is -2.37. The van der Waals surface area contributed by atoms with Crippen LogP contribution in [0, 0.1) is 6.92 Å². The highest BCUT2D eigenvalue weighted by Gasteiger charge is 2.44. The van der Waals surface area contributed by atoms with Crippen molar-refractivity contribution in [3.8, 4) is 5.75 Å². The predicted octanol–water partition coefficient (Wildman–Crippen LogP) is 1.40. The van der Waals surface area contributed by atoms with Crippen molar-refractivity contribution in [2.75, 3.05) is 18.1 Å². The highest BCUT2D eigenvalue weighted by atomic mass is 32.2. The number of amides is 2. The van der Waals surface area contributed by atoms with E-state index in [1.165, 1.54) is 4.90 Å². The molecule has 0 aromatic heterocycles. The zero-order chi connectivity index (χ0) is 22.4. The van der Waals surface area contributed by atoms with E-state index in [1.54, 1.807) is 13.0 Å². The van der Waals surface area contributed by atoms with Crippen molar-refractivity contribution in [1.82, 2.24) is 10.2 Å². The third-order valence-corrected chi connectivity index (χ3v) is 8.36. The molecule has 2 saturated heterocycles. The average molecular weight is 449 g/mol. The Labute approximate surface area is 182 Å². The van der Waals surface area contributed by atoms with Crippen LogP contribution in [0.2, 0.25) is 0 Å². The van der Waals surface area contributed by atoms with Gasteiger partial charge in [0.05, 0.1) is 23.5 Å². The van der Waals surface area contributed by atoms with Crippen molar-refractivity contribution in [1.29, 1.82) is 0 Å². The Hall–Kier alpha value is -2.42. The summed E-state index contributed by atoms with van der Waals surface area (Å²) in [5.41, 5.74) is 0.820. The molecular formula is C22H28N2O6S. The Morgan fingerprint density at radius 1 is 1.29 bits per heavy atom. The van der Waals surface area contributed by atoms with E-state index >= 15 is 0 Å². The number of carbonyl (C=O) groups is 3. The van der Waals surface area contributed by atoms with E-state index in [-0.39, 0.29) is 41.9 Å². The molecule has 1 spiro atoms. The number of nitrogens with zero attached hydrogens (tertiary/aromatic N) is 1. The zero-order valence-electron chi connectivity index (χ0n) is 17.8. The van der Waals surface area contributed by atoms with E-state index in [4.69, 9.17) is 4.74 Å². The maximum absolute atomic E-state index is 12.8. The number of sulfone groups is 1. The Bertz CT molecular complexity index is 1040. The van der Waals surface area contributed by atoms with Crippen LogP contribution in [-0.2, 0) is 19.4 Å². The molecule has 3 atom stereocenters. The fourth-order valence-corrected chi connectivity index (χ4v) is 6.39. The second-order valence-electron chi connectivity index (χ2n) is 9.01. The van der Waals surface area contributed by atoms with Crippen molar-refractivity contribution in [2.45, 2.75) is 63.6 Å². The number of hydrogen-bond acceptors (Lipinski definition) is 6. The lowest BCUT2D eigenvalue weighted by Crippen LogP contribution is -2.51. The van der Waals surface area contributed by atoms with Gasteiger partial charge >= 0.3 is 0 Å². The first-order valence-corrected chi connectivity index (χ1v) is 12.5. The lowest BCUT2D eigenvalue weighted by molar-refractivity contribution is -0.139. The van der Waals surface area contributed by atoms with Crippen molar-refractivity contribution < 1.29 is 27.5 Å². The molecule has 0 aliphatic carbocycles. The highest BCUT2D eigenvalue weighted by Crippen LogP contribution is 2.40. The molecule has 3 aliphatic rings. The van der Waals surface area contributed by atoms with Crippen LogP contribution >= 0.6 is 0 Å². The number of aryl methyl sites for hydroxylation is 1. The molecule has 0 saturated carbocycles. The number of benzene rings is 1. The fourth-order valence-electron chi connectivity index (χ4n) is 4.72. The van der Waals surface area contributed by atoms with Crippen molar-refractivity contribution >= 4 is 27.4 Å². The molecule has 1 N–H and O–H groups in total. The highest BCUT2D eigenvalue weighted by molar-refractivity contribution is 7.91. The van der Waals surface area contributed by atoms with Gasteiger partial charge in [-0.05, 0) is 38.8 Å². The third kappa shape index (κ3) is 4.46. The topological polar surface area (TPSA) is 110 Å². The monoisotopic (exact) mass is 448 g/mol. The first kappa shape index (κ1) is 21.8. The van der Waals surface area contributed by atoms with Crippen LogP contribution < -0.4 is 10.1 Å². The molecule has 8 nitrogen and oxygen atoms in total. The molecule has 1 aromatic rings. The number of Topliss-reactive ketones (excluding diaryl/α,β-unsaturated/α-hetero) is 1. The molecule has 9 heteroatoms. The smallest absolute Gasteiger partial charge is 0.242 e. The van der Waals surface area contributed by atoms with Crippen molar-refractivity contribution in [3.05, 3.63) is 29.3 Å². The summed E-state index contributed by atoms with van der Waals surface area (Å²) in [5.74, 6) is 0.0635. The first-order valence-electron chi connectivity index (χ1n) is 10.7. The molecule has 3 heterocycles. The standard InChI is InChI=1S/C22H28N2O6S/c1-14-3-4-19-17(11-14)18(25)12-22(30-19)7-5-20(26)24(9-8-22)15(2)21(27)23-16-6-10-31(28,29)13-16/h3-4,11,15-16H,5-10,12-13H2,1-2H3,(H,23,27)/t15-,16-,22-/m1/s1. The number of carbonyl (C=O) groups excluding carboxylic acids is 3. The summed E-state index contributed by atoms with van der Waals surface area (Å²) >= 11 is 0. The Morgan fingerprint density at radius 3 is 2.77 bits per heavy atom. The summed E-state index contributed by atoms with van der Waals surface area (Å²) in [6.07, 6.45) is 1.66. The number of ketones is 1. The van der Waals surface area contributed by atoms with Gasteiger partial charge in [-0.15, -0.1) is 0 Å². The lowest BCUT2D eigenvalue weighted by atomic mass is 9.84. The van der Waals surface area contributed by atoms with Gasteiger partial charge in [-0.2, -0.15) is 0 Å². The maximum atomic E-state index is 12.8. The predicted molar refractivity (Wildman–Crippen MR) is 114 cm³/mol. The van der Waals surface area contributed by atoms with Gasteiger partial charge in [-0.1, -0.05) is 11.6 Å². The van der Waals surface area contributed by atoms with Gasteiger partial charge in [0.25, 0.3) is 0 Å². The SMILES string of the molecule is Cc1ccc2c(c1)C(=O)C[C@]1(CCC(=O)N([C@H](C)C(=O)N[C@@H]3CCS(=O)(=O)C3)CC1)O2. The van der Waals surface area contributed by atoms with Gasteiger partial charge in [-0.3, -0.25) is 14.4 Å². The van der Waals surface area contributed by atoms with Crippen molar-refractivity contribution in [3.63, 3.8) is 0 Å². The molecular weight excluding hydrogens is 420 g/mol. The second-order valence-corrected chi connectivity index (χ2v) is 11.2. The Balaban J connectivity index is 1.45. The van der Waals surface area contributed by atoms with Crippen LogP contribution in [0.1, 0.15) is 54.9 Å². The normalized spacial score (nSPS) is 28.6. The van der Waals surface area contributed by atoms with Gasteiger partial charge in [0.2, 0.25) is 11.8 Å². The van der Waals surface area contributed by atoms with Gasteiger partial charge in [0, 0.05) is 25.4 Å². The van der Waals surface area contributed by atoms with E-state index < -0.39 is 27.5 Å². The van der Waals surface area contributed by atoms with Crippen LogP contribution in [0.4, 0.5) is 0 Å². The van der Waals surface area contributed by atoms with Crippen LogP contribution in [-0.4, -0.2) is 66.7 Å². The number of fused-ring (bicyclic) bond motifs is 1. The second kappa shape index (κ2) is 7.93. The maximum Gasteiger partial charge on any atom is 0.242 e. The number of rotatable bonds is 3. The molecule has 2 amide bonds. The summed E-state index contributed by atoms with van der Waals surface area (Å²) in [6, 6.07) is 4.40. The number of hydrogen-bond donors (Lipinski definition) is 1. The molecule has 1 aromatic carbocycles. The largest absolute Gasteiger partial charge is 0.486 e. The summed E-state index contributed by atoms with van der Waals surface area (Å²) in [4.78, 5) is 39.8. The van der Waals surface area contributed by atoms with E-state index in [9.17, 15) is 22.8 Å². The summed E-state index contributed by atoms with van der Waals surface area (Å²) in [5, 5.41) is 2.77. The van der Waals surface area contributed by atoms with Gasteiger partial charge in [-0.25, -0.2) is 8.42 Å². The fraction of sp³-hybridized carbons (Fsp3) is 0.591. The summed E-state index contributed by atoms with van der Waals surface area (Å²) in [6.45, 7) is 3.87. The van der Waals surface area contributed by atoms with E-state index in [0.717, 1.165) is 5.56 Å². The van der Waals surface area contributed by atoms with Gasteiger partial charge < -0.3 is 15.0 Å². The van der Waals surface area contributed by atoms with Gasteiger partial charge in [0.1, 0.15) is 17.4 Å². The molecule has 0 bridgehead atoms. The minimum Gasteiger partial charge on any atom is -0.486 e. The zero-order valence-corrected chi connectivity index (χ0v) is 18.7. The van der Waals surface area contributed by atoms with Crippen LogP contribution in [0.5, 0.6) is 5.75 Å². The molecule has 0 unspecified atom stereocenters. The third-order valence-electron chi connectivity index (χ3n) is 6.59. The van der Waals surface area contributed by atoms with E-state index in [0.29, 0.717) is 37.1 Å². The van der Waals surface area contributed by atoms with Crippen LogP contribution in [0.15, 0.2) is 18.2 Å². The molecule has 2 fully saturated rings. The molecule has 3 aliphatic heterocycles. The average Bonchev–Trinajstić information content (AvgIpc) is 2.96. The Morgan fingerprint density at radius 2 is 2.06 bits per heavy atom. The van der Waals surface area contributed by atoms with Crippen LogP contribution in [0.3, 0.4) is 0 Å². The first-order chi connectivity index (χ1) is 14.6. The van der Waals surface area contributed by atoms with E-state index in [1.807, 2.05) is 19.1 Å². The summed E-state index contributed by atoms with van der Waals surface area (Å²) in [7, 11) is -3.10. The molecule has 31 heavy (non-hydrogen) atoms. The minimum absolute atomic E-state index is 0.0130. The summed E-state index contributed by atoms with van der Waals surface area (Å²) < 4.78 is 29.5. The number of ether oxygens (including phenoxy) is 1. The molecule has 0 radical (unpaired) electrons. The molecule has 168 valence electrons. The molecule has 4 rings (SSSR count). The number of nitrogens with one attached hydrogen (secondary N) is 1. The number of likely N-dealkylation sites (tertiary alicyclic amines) is 1. The Kier molecular flexibility index (Phi) is 5.57. The van der Waals surface area contributed by atoms with Gasteiger partial charge in [0.15, 0.2) is 15.6 Å². The minimum atomic E-state index is -3.10. The van der Waals surface area contributed by atoms with Crippen molar-refractivity contribution in [2.24, 2.45) is 0 Å². The van der Waals surface area contributed by atoms with Crippen LogP contribution in [0.25, 0.3) is 0 Å². The quantitative estimate of drug-likeness (QED) is 0.749. The van der Waals surface area contributed by atoms with E-state index in [2.05, 4.69) is 5.32 Å².